The maximum Gasteiger partial charge on any atom is 0.0689 e. The maximum absolute atomic E-state index is 4.82. The van der Waals surface area contributed by atoms with Crippen LogP contribution in [0.4, 0.5) is 11.4 Å². The zero-order valence-electron chi connectivity index (χ0n) is 16.0. The van der Waals surface area contributed by atoms with E-state index in [1.807, 2.05) is 77.4 Å². The summed E-state index contributed by atoms with van der Waals surface area (Å²) in [7, 11) is 0. The number of aromatic nitrogens is 2. The molecule has 138 valence electrons. The largest absolute Gasteiger partial charge is 0.237 e. The third-order valence-corrected chi connectivity index (χ3v) is 4.65. The third-order valence-electron chi connectivity index (χ3n) is 4.65. The van der Waals surface area contributed by atoms with Gasteiger partial charge in [-0.1, -0.05) is 54.6 Å². The second kappa shape index (κ2) is 7.92. The lowest BCUT2D eigenvalue weighted by atomic mass is 10.2. The van der Waals surface area contributed by atoms with Crippen LogP contribution in [0.1, 0.15) is 17.0 Å². The van der Waals surface area contributed by atoms with E-state index in [1.54, 1.807) is 0 Å². The molecule has 0 unspecified atom stereocenters. The Morgan fingerprint density at radius 1 is 0.750 bits per heavy atom. The number of benzene rings is 3. The number of para-hydroxylation sites is 3. The van der Waals surface area contributed by atoms with Gasteiger partial charge in [-0.05, 0) is 50.2 Å². The minimum atomic E-state index is 0.950. The molecule has 0 saturated heterocycles. The maximum atomic E-state index is 4.82. The minimum absolute atomic E-state index is 0.950. The summed E-state index contributed by atoms with van der Waals surface area (Å²) < 4.78 is 1.96. The van der Waals surface area contributed by atoms with Crippen molar-refractivity contribution in [3.05, 3.63) is 108 Å². The van der Waals surface area contributed by atoms with Gasteiger partial charge in [0.2, 0.25) is 0 Å². The highest BCUT2D eigenvalue weighted by atomic mass is 15.5. The summed E-state index contributed by atoms with van der Waals surface area (Å²) in [5.41, 5.74) is 6.11. The highest BCUT2D eigenvalue weighted by Gasteiger charge is 2.12. The molecule has 0 aliphatic heterocycles. The van der Waals surface area contributed by atoms with Crippen LogP contribution in [0, 0.1) is 13.8 Å². The normalized spacial score (nSPS) is 11.1. The van der Waals surface area contributed by atoms with E-state index >= 15 is 0 Å². The van der Waals surface area contributed by atoms with Crippen LogP contribution in [0.3, 0.4) is 0 Å². The molecule has 0 amide bonds. The van der Waals surface area contributed by atoms with Crippen molar-refractivity contribution in [3.63, 3.8) is 0 Å². The molecule has 28 heavy (non-hydrogen) atoms. The number of nitrogens with zero attached hydrogens (tertiary/aromatic N) is 4. The van der Waals surface area contributed by atoms with E-state index < -0.39 is 0 Å². The van der Waals surface area contributed by atoms with E-state index in [2.05, 4.69) is 43.3 Å². The zero-order chi connectivity index (χ0) is 19.3. The fourth-order valence-electron chi connectivity index (χ4n) is 3.20. The van der Waals surface area contributed by atoms with Crippen molar-refractivity contribution in [2.45, 2.75) is 13.8 Å². The summed E-state index contributed by atoms with van der Waals surface area (Å²) in [6, 6.07) is 30.5. The van der Waals surface area contributed by atoms with Gasteiger partial charge in [0.15, 0.2) is 0 Å². The summed E-state index contributed by atoms with van der Waals surface area (Å²) in [6.45, 7) is 4.09. The number of anilines is 2. The highest BCUT2D eigenvalue weighted by Crippen LogP contribution is 2.25. The molecular weight excluding hydrogens is 344 g/mol. The van der Waals surface area contributed by atoms with Gasteiger partial charge >= 0.3 is 0 Å². The van der Waals surface area contributed by atoms with Crippen molar-refractivity contribution in [3.8, 4) is 5.69 Å². The predicted octanol–water partition coefficient (Wildman–Crippen LogP) is 5.66. The summed E-state index contributed by atoms with van der Waals surface area (Å²) in [5, 5.41) is 11.5. The molecule has 1 aromatic heterocycles. The summed E-state index contributed by atoms with van der Waals surface area (Å²) in [5.74, 6) is 0. The van der Waals surface area contributed by atoms with Crippen LogP contribution in [0.25, 0.3) is 5.69 Å². The molecule has 0 fully saturated rings. The highest BCUT2D eigenvalue weighted by molar-refractivity contribution is 5.84. The minimum Gasteiger partial charge on any atom is -0.237 e. The van der Waals surface area contributed by atoms with Crippen LogP contribution in [0.15, 0.2) is 96.1 Å². The van der Waals surface area contributed by atoms with E-state index in [1.165, 1.54) is 0 Å². The Kier molecular flexibility index (Phi) is 5.02. The Bertz CT molecular complexity index is 1030. The van der Waals surface area contributed by atoms with Crippen LogP contribution < -0.4 is 5.01 Å². The Hall–Kier alpha value is -3.66. The van der Waals surface area contributed by atoms with Gasteiger partial charge in [-0.2, -0.15) is 10.2 Å². The van der Waals surface area contributed by atoms with Crippen molar-refractivity contribution in [2.24, 2.45) is 5.10 Å². The van der Waals surface area contributed by atoms with Gasteiger partial charge in [-0.25, -0.2) is 9.69 Å². The van der Waals surface area contributed by atoms with E-state index in [0.29, 0.717) is 0 Å². The fourth-order valence-corrected chi connectivity index (χ4v) is 3.20. The molecule has 0 aliphatic carbocycles. The van der Waals surface area contributed by atoms with Crippen molar-refractivity contribution in [1.82, 2.24) is 9.78 Å². The molecule has 0 spiro atoms. The monoisotopic (exact) mass is 366 g/mol. The lowest BCUT2D eigenvalue weighted by Crippen LogP contribution is -2.09. The number of aryl methyl sites for hydroxylation is 1. The fraction of sp³-hybridized carbons (Fsp3) is 0.0833. The first kappa shape index (κ1) is 17.7. The Balaban J connectivity index is 1.73. The smallest absolute Gasteiger partial charge is 0.0689 e. The number of hydrogen-bond acceptors (Lipinski definition) is 3. The summed E-state index contributed by atoms with van der Waals surface area (Å²) >= 11 is 0. The summed E-state index contributed by atoms with van der Waals surface area (Å²) in [4.78, 5) is 0. The van der Waals surface area contributed by atoms with Gasteiger partial charge in [0, 0.05) is 5.56 Å². The van der Waals surface area contributed by atoms with Crippen LogP contribution in [-0.4, -0.2) is 16.0 Å². The van der Waals surface area contributed by atoms with Crippen molar-refractivity contribution in [1.29, 1.82) is 0 Å². The Labute approximate surface area is 165 Å². The van der Waals surface area contributed by atoms with Gasteiger partial charge in [-0.15, -0.1) is 0 Å². The average molecular weight is 366 g/mol. The molecule has 4 heteroatoms. The molecule has 4 nitrogen and oxygen atoms in total. The number of hydrogen-bond donors (Lipinski definition) is 0. The molecule has 1 heterocycles. The molecule has 0 saturated carbocycles. The van der Waals surface area contributed by atoms with E-state index in [0.717, 1.165) is 34.0 Å². The topological polar surface area (TPSA) is 33.4 Å². The first-order valence-corrected chi connectivity index (χ1v) is 9.30. The molecule has 0 radical (unpaired) electrons. The molecule has 4 rings (SSSR count). The van der Waals surface area contributed by atoms with E-state index in [9.17, 15) is 0 Å². The molecule has 0 aliphatic rings. The van der Waals surface area contributed by atoms with Gasteiger partial charge in [-0.3, -0.25) is 0 Å². The second-order valence-corrected chi connectivity index (χ2v) is 6.56. The average Bonchev–Trinajstić information content (AvgIpc) is 3.04. The quantitative estimate of drug-likeness (QED) is 0.337. The standard InChI is InChI=1S/C24H22N4/c1-19-24(20(2)27(26-19)21-12-6-3-7-13-21)18-25-28(22-14-8-4-9-15-22)23-16-10-5-11-17-23/h3-18H,1-2H3/b25-18-. The summed E-state index contributed by atoms with van der Waals surface area (Å²) in [6.07, 6.45) is 1.90. The van der Waals surface area contributed by atoms with Crippen LogP contribution in [0.5, 0.6) is 0 Å². The first-order chi connectivity index (χ1) is 13.7. The number of hydrazone groups is 1. The lowest BCUT2D eigenvalue weighted by molar-refractivity contribution is 0.833. The molecule has 0 atom stereocenters. The molecule has 0 bridgehead atoms. The van der Waals surface area contributed by atoms with Gasteiger partial charge < -0.3 is 0 Å². The molecular formula is C24H22N4. The van der Waals surface area contributed by atoms with Gasteiger partial charge in [0.05, 0.1) is 34.7 Å². The van der Waals surface area contributed by atoms with Crippen molar-refractivity contribution < 1.29 is 0 Å². The van der Waals surface area contributed by atoms with E-state index in [4.69, 9.17) is 10.2 Å². The second-order valence-electron chi connectivity index (χ2n) is 6.56. The van der Waals surface area contributed by atoms with Crippen LogP contribution >= 0.6 is 0 Å². The van der Waals surface area contributed by atoms with Gasteiger partial charge in [0.1, 0.15) is 0 Å². The predicted molar refractivity (Wildman–Crippen MR) is 116 cm³/mol. The molecule has 0 N–H and O–H groups in total. The Morgan fingerprint density at radius 2 is 1.25 bits per heavy atom. The number of rotatable bonds is 5. The van der Waals surface area contributed by atoms with Crippen molar-refractivity contribution >= 4 is 17.6 Å². The Morgan fingerprint density at radius 3 is 1.79 bits per heavy atom. The van der Waals surface area contributed by atoms with Crippen LogP contribution in [-0.2, 0) is 0 Å². The van der Waals surface area contributed by atoms with Crippen molar-refractivity contribution in [2.75, 3.05) is 5.01 Å². The third kappa shape index (κ3) is 3.58. The SMILES string of the molecule is Cc1nn(-c2ccccc2)c(C)c1/C=N\N(c1ccccc1)c1ccccc1. The molecule has 3 aromatic carbocycles. The first-order valence-electron chi connectivity index (χ1n) is 9.30. The lowest BCUT2D eigenvalue weighted by Gasteiger charge is -2.19. The van der Waals surface area contributed by atoms with Crippen LogP contribution in [0.2, 0.25) is 0 Å². The van der Waals surface area contributed by atoms with Gasteiger partial charge in [0.25, 0.3) is 0 Å². The zero-order valence-corrected chi connectivity index (χ0v) is 16.0. The molecule has 4 aromatic rings. The van der Waals surface area contributed by atoms with E-state index in [-0.39, 0.29) is 0 Å².